The lowest BCUT2D eigenvalue weighted by Crippen LogP contribution is -2.19. The summed E-state index contributed by atoms with van der Waals surface area (Å²) >= 11 is 0. The standard InChI is InChI=1S/C26H23N3O3/c1-16-12-19(14-18-8-4-3-5-9-18)25-21(13-16)24(20-10-6-7-11-22(20)27-25)26(30)31-15-23-29-28-17(2)32-23/h3-11,14,16H,12-13,15H2,1-2H3/b19-14-. The van der Waals surface area contributed by atoms with Gasteiger partial charge in [-0.1, -0.05) is 55.5 Å². The molecule has 6 heteroatoms. The van der Waals surface area contributed by atoms with E-state index in [1.54, 1.807) is 6.92 Å². The van der Waals surface area contributed by atoms with Crippen LogP contribution in [-0.2, 0) is 17.8 Å². The average molecular weight is 425 g/mol. The molecule has 160 valence electrons. The molecular weight excluding hydrogens is 402 g/mol. The van der Waals surface area contributed by atoms with Gasteiger partial charge in [-0.2, -0.15) is 0 Å². The van der Waals surface area contributed by atoms with E-state index < -0.39 is 5.97 Å². The number of aryl methyl sites for hydroxylation is 1. The second kappa shape index (κ2) is 8.38. The Balaban J connectivity index is 1.62. The van der Waals surface area contributed by atoms with E-state index >= 15 is 0 Å². The van der Waals surface area contributed by atoms with Crippen molar-refractivity contribution in [1.29, 1.82) is 0 Å². The number of hydrogen-bond donors (Lipinski definition) is 0. The molecule has 32 heavy (non-hydrogen) atoms. The summed E-state index contributed by atoms with van der Waals surface area (Å²) in [5.41, 5.74) is 5.43. The maximum Gasteiger partial charge on any atom is 0.339 e. The minimum atomic E-state index is -0.399. The fourth-order valence-corrected chi connectivity index (χ4v) is 4.31. The zero-order valence-electron chi connectivity index (χ0n) is 18.0. The number of aromatic nitrogens is 3. The van der Waals surface area contributed by atoms with Gasteiger partial charge in [0, 0.05) is 12.3 Å². The first-order valence-corrected chi connectivity index (χ1v) is 10.7. The first-order valence-electron chi connectivity index (χ1n) is 10.7. The molecule has 6 nitrogen and oxygen atoms in total. The number of nitrogens with zero attached hydrogens (tertiary/aromatic N) is 3. The topological polar surface area (TPSA) is 78.1 Å². The molecule has 0 aliphatic heterocycles. The van der Waals surface area contributed by atoms with Crippen molar-refractivity contribution in [2.24, 2.45) is 5.92 Å². The molecule has 0 amide bonds. The molecule has 0 fully saturated rings. The number of ether oxygens (including phenoxy) is 1. The van der Waals surface area contributed by atoms with Gasteiger partial charge in [0.15, 0.2) is 6.61 Å². The van der Waals surface area contributed by atoms with E-state index in [4.69, 9.17) is 14.1 Å². The molecule has 1 aliphatic carbocycles. The van der Waals surface area contributed by atoms with Crippen LogP contribution in [0.3, 0.4) is 0 Å². The summed E-state index contributed by atoms with van der Waals surface area (Å²) in [5, 5.41) is 8.51. The van der Waals surface area contributed by atoms with E-state index in [-0.39, 0.29) is 12.5 Å². The molecule has 0 bridgehead atoms. The highest BCUT2D eigenvalue weighted by Gasteiger charge is 2.29. The van der Waals surface area contributed by atoms with Crippen molar-refractivity contribution in [2.45, 2.75) is 33.3 Å². The molecule has 4 aromatic rings. The predicted molar refractivity (Wildman–Crippen MR) is 122 cm³/mol. The molecule has 5 rings (SSSR count). The van der Waals surface area contributed by atoms with Crippen LogP contribution in [0.25, 0.3) is 22.6 Å². The number of fused-ring (bicyclic) bond motifs is 2. The van der Waals surface area contributed by atoms with Crippen LogP contribution in [-0.4, -0.2) is 21.2 Å². The zero-order chi connectivity index (χ0) is 22.1. The van der Waals surface area contributed by atoms with Gasteiger partial charge in [0.1, 0.15) is 0 Å². The third-order valence-electron chi connectivity index (χ3n) is 5.66. The van der Waals surface area contributed by atoms with Gasteiger partial charge in [-0.25, -0.2) is 9.78 Å². The summed E-state index contributed by atoms with van der Waals surface area (Å²) in [6.45, 7) is 3.84. The normalized spacial score (nSPS) is 16.8. The smallest absolute Gasteiger partial charge is 0.339 e. The van der Waals surface area contributed by atoms with E-state index in [1.807, 2.05) is 42.5 Å². The Hall–Kier alpha value is -3.80. The van der Waals surface area contributed by atoms with Crippen molar-refractivity contribution < 1.29 is 13.9 Å². The van der Waals surface area contributed by atoms with Crippen LogP contribution in [0.4, 0.5) is 0 Å². The maximum absolute atomic E-state index is 13.3. The Labute approximate surface area is 186 Å². The number of para-hydroxylation sites is 1. The van der Waals surface area contributed by atoms with Gasteiger partial charge < -0.3 is 9.15 Å². The molecule has 2 aromatic carbocycles. The molecule has 0 saturated heterocycles. The lowest BCUT2D eigenvalue weighted by Gasteiger charge is -2.26. The van der Waals surface area contributed by atoms with Gasteiger partial charge in [-0.3, -0.25) is 0 Å². The highest BCUT2D eigenvalue weighted by molar-refractivity contribution is 6.06. The van der Waals surface area contributed by atoms with Gasteiger partial charge in [0.25, 0.3) is 5.89 Å². The summed E-state index contributed by atoms with van der Waals surface area (Å²) in [6, 6.07) is 17.9. The van der Waals surface area contributed by atoms with Gasteiger partial charge in [-0.15, -0.1) is 10.2 Å². The van der Waals surface area contributed by atoms with Crippen LogP contribution in [0.1, 0.15) is 52.3 Å². The monoisotopic (exact) mass is 425 g/mol. The molecule has 2 heterocycles. The summed E-state index contributed by atoms with van der Waals surface area (Å²) in [6.07, 6.45) is 3.85. The lowest BCUT2D eigenvalue weighted by atomic mass is 9.80. The Morgan fingerprint density at radius 1 is 1.09 bits per heavy atom. The Bertz CT molecular complexity index is 1320. The fraction of sp³-hybridized carbons (Fsp3) is 0.231. The number of rotatable bonds is 4. The van der Waals surface area contributed by atoms with Crippen LogP contribution in [0.2, 0.25) is 0 Å². The van der Waals surface area contributed by atoms with E-state index in [2.05, 4.69) is 35.3 Å². The summed E-state index contributed by atoms with van der Waals surface area (Å²) in [7, 11) is 0. The molecule has 0 spiro atoms. The van der Waals surface area contributed by atoms with Crippen molar-refractivity contribution in [3.8, 4) is 0 Å². The van der Waals surface area contributed by atoms with Crippen LogP contribution in [0, 0.1) is 12.8 Å². The molecule has 0 radical (unpaired) electrons. The number of benzene rings is 2. The van der Waals surface area contributed by atoms with Gasteiger partial charge in [0.2, 0.25) is 5.89 Å². The highest BCUT2D eigenvalue weighted by atomic mass is 16.5. The van der Waals surface area contributed by atoms with Crippen molar-refractivity contribution in [3.05, 3.63) is 88.8 Å². The van der Waals surface area contributed by atoms with Crippen molar-refractivity contribution >= 4 is 28.5 Å². The van der Waals surface area contributed by atoms with Crippen LogP contribution < -0.4 is 0 Å². The number of esters is 1. The molecule has 0 saturated carbocycles. The second-order valence-electron chi connectivity index (χ2n) is 8.22. The average Bonchev–Trinajstić information content (AvgIpc) is 3.22. The molecule has 2 aromatic heterocycles. The Morgan fingerprint density at radius 2 is 1.88 bits per heavy atom. The Kier molecular flexibility index (Phi) is 5.27. The molecular formula is C26H23N3O3. The van der Waals surface area contributed by atoms with E-state index in [9.17, 15) is 4.79 Å². The van der Waals surface area contributed by atoms with Gasteiger partial charge >= 0.3 is 5.97 Å². The summed E-state index contributed by atoms with van der Waals surface area (Å²) in [4.78, 5) is 18.3. The first kappa shape index (κ1) is 20.1. The quantitative estimate of drug-likeness (QED) is 0.407. The first-order chi connectivity index (χ1) is 15.6. The molecule has 1 aliphatic rings. The van der Waals surface area contributed by atoms with Crippen LogP contribution in [0.5, 0.6) is 0 Å². The third kappa shape index (κ3) is 3.91. The SMILES string of the molecule is Cc1nnc(COC(=O)c2c3c(nc4ccccc24)/C(=C\c2ccccc2)CC(C)C3)o1. The second-order valence-corrected chi connectivity index (χ2v) is 8.22. The van der Waals surface area contributed by atoms with Crippen LogP contribution >= 0.6 is 0 Å². The maximum atomic E-state index is 13.3. The van der Waals surface area contributed by atoms with E-state index in [1.165, 1.54) is 0 Å². The lowest BCUT2D eigenvalue weighted by molar-refractivity contribution is 0.0437. The zero-order valence-corrected chi connectivity index (χ0v) is 18.0. The predicted octanol–water partition coefficient (Wildman–Crippen LogP) is 5.41. The van der Waals surface area contributed by atoms with Gasteiger partial charge in [0.05, 0.1) is 16.8 Å². The fourth-order valence-electron chi connectivity index (χ4n) is 4.31. The molecule has 1 unspecified atom stereocenters. The summed E-state index contributed by atoms with van der Waals surface area (Å²) in [5.74, 6) is 0.697. The van der Waals surface area contributed by atoms with Crippen LogP contribution in [0.15, 0.2) is 59.0 Å². The van der Waals surface area contributed by atoms with Crippen molar-refractivity contribution in [2.75, 3.05) is 0 Å². The molecule has 1 atom stereocenters. The number of carbonyl (C=O) groups excluding carboxylic acids is 1. The summed E-state index contributed by atoms with van der Waals surface area (Å²) < 4.78 is 11.0. The van der Waals surface area contributed by atoms with Crippen molar-refractivity contribution in [1.82, 2.24) is 15.2 Å². The molecule has 0 N–H and O–H groups in total. The Morgan fingerprint density at radius 3 is 2.66 bits per heavy atom. The van der Waals surface area contributed by atoms with E-state index in [0.29, 0.717) is 17.4 Å². The number of allylic oxidation sites excluding steroid dienone is 1. The highest BCUT2D eigenvalue weighted by Crippen LogP contribution is 2.38. The minimum Gasteiger partial charge on any atom is -0.452 e. The van der Waals surface area contributed by atoms with Crippen molar-refractivity contribution in [3.63, 3.8) is 0 Å². The number of carbonyl (C=O) groups is 1. The minimum absolute atomic E-state index is 0.0621. The van der Waals surface area contributed by atoms with E-state index in [0.717, 1.165) is 46.1 Å². The number of hydrogen-bond acceptors (Lipinski definition) is 6. The van der Waals surface area contributed by atoms with Gasteiger partial charge in [-0.05, 0) is 47.6 Å². The number of pyridine rings is 1. The third-order valence-corrected chi connectivity index (χ3v) is 5.66. The largest absolute Gasteiger partial charge is 0.452 e.